The Morgan fingerprint density at radius 2 is 2.10 bits per heavy atom. The van der Waals surface area contributed by atoms with Gasteiger partial charge in [0, 0.05) is 18.5 Å². The lowest BCUT2D eigenvalue weighted by Gasteiger charge is -2.42. The second-order valence-electron chi connectivity index (χ2n) is 6.10. The Morgan fingerprint density at radius 3 is 2.81 bits per heavy atom. The van der Waals surface area contributed by atoms with Crippen LogP contribution in [-0.2, 0) is 4.74 Å². The Labute approximate surface area is 124 Å². The number of benzene rings is 1. The van der Waals surface area contributed by atoms with Crippen LogP contribution in [-0.4, -0.2) is 34.8 Å². The van der Waals surface area contributed by atoms with Crippen molar-refractivity contribution in [2.45, 2.75) is 32.5 Å². The number of hydrogen-bond donors (Lipinski definition) is 2. The fourth-order valence-electron chi connectivity index (χ4n) is 2.98. The molecule has 1 aromatic carbocycles. The van der Waals surface area contributed by atoms with Gasteiger partial charge in [-0.25, -0.2) is 10.8 Å². The molecule has 2 aromatic rings. The zero-order chi connectivity index (χ0) is 15.0. The minimum absolute atomic E-state index is 0.150. The van der Waals surface area contributed by atoms with Crippen molar-refractivity contribution >= 4 is 22.7 Å². The number of para-hydroxylation sites is 1. The third-order valence-electron chi connectivity index (χ3n) is 3.58. The van der Waals surface area contributed by atoms with Crippen molar-refractivity contribution in [3.63, 3.8) is 0 Å². The Bertz CT molecular complexity index is 658. The maximum absolute atomic E-state index is 5.97. The molecule has 1 atom stereocenters. The quantitative estimate of drug-likeness (QED) is 0.649. The summed E-state index contributed by atoms with van der Waals surface area (Å²) in [5, 5.41) is 1.03. The van der Waals surface area contributed by atoms with Crippen LogP contribution in [0.5, 0.6) is 0 Å². The molecule has 0 amide bonds. The highest BCUT2D eigenvalue weighted by atomic mass is 16.5. The summed E-state index contributed by atoms with van der Waals surface area (Å²) in [7, 11) is 0. The first-order valence-electron chi connectivity index (χ1n) is 7.15. The maximum Gasteiger partial charge on any atom is 0.239 e. The monoisotopic (exact) mass is 287 g/mol. The van der Waals surface area contributed by atoms with E-state index in [1.807, 2.05) is 24.3 Å². The minimum atomic E-state index is -0.208. The topological polar surface area (TPSA) is 76.3 Å². The highest BCUT2D eigenvalue weighted by Crippen LogP contribution is 2.30. The van der Waals surface area contributed by atoms with E-state index in [1.54, 1.807) is 0 Å². The van der Waals surface area contributed by atoms with Crippen molar-refractivity contribution in [2.24, 2.45) is 5.84 Å². The van der Waals surface area contributed by atoms with Crippen LogP contribution >= 0.6 is 0 Å². The Morgan fingerprint density at radius 1 is 1.33 bits per heavy atom. The molecule has 1 saturated heterocycles. The standard InChI is InChI=1S/C15H21N5O/c1-10-8-20(9-15(2,3)21-10)13-11-6-4-5-7-12(11)17-14(18-13)19-16/h4-7,10H,8-9,16H2,1-3H3,(H,17,18,19). The van der Waals surface area contributed by atoms with Crippen LogP contribution < -0.4 is 16.2 Å². The molecule has 0 bridgehead atoms. The zero-order valence-electron chi connectivity index (χ0n) is 12.6. The number of aromatic nitrogens is 2. The van der Waals surface area contributed by atoms with Gasteiger partial charge in [0.25, 0.3) is 0 Å². The van der Waals surface area contributed by atoms with Gasteiger partial charge >= 0.3 is 0 Å². The zero-order valence-corrected chi connectivity index (χ0v) is 12.6. The van der Waals surface area contributed by atoms with Crippen molar-refractivity contribution in [1.82, 2.24) is 9.97 Å². The third kappa shape index (κ3) is 2.77. The summed E-state index contributed by atoms with van der Waals surface area (Å²) >= 11 is 0. The molecule has 0 spiro atoms. The first-order valence-corrected chi connectivity index (χ1v) is 7.15. The summed E-state index contributed by atoms with van der Waals surface area (Å²) in [4.78, 5) is 11.2. The molecule has 3 rings (SSSR count). The lowest BCUT2D eigenvalue weighted by Crippen LogP contribution is -2.52. The normalized spacial score (nSPS) is 21.5. The van der Waals surface area contributed by atoms with E-state index in [0.717, 1.165) is 29.8 Å². The van der Waals surface area contributed by atoms with E-state index in [9.17, 15) is 0 Å². The van der Waals surface area contributed by atoms with Crippen LogP contribution in [0.3, 0.4) is 0 Å². The number of ether oxygens (including phenoxy) is 1. The predicted molar refractivity (Wildman–Crippen MR) is 84.2 cm³/mol. The molecule has 112 valence electrons. The van der Waals surface area contributed by atoms with Gasteiger partial charge in [-0.3, -0.25) is 5.43 Å². The van der Waals surface area contributed by atoms with Gasteiger partial charge in [0.2, 0.25) is 5.95 Å². The van der Waals surface area contributed by atoms with Crippen molar-refractivity contribution in [1.29, 1.82) is 0 Å². The average molecular weight is 287 g/mol. The molecule has 0 radical (unpaired) electrons. The molecule has 21 heavy (non-hydrogen) atoms. The Kier molecular flexibility index (Phi) is 3.43. The second-order valence-corrected chi connectivity index (χ2v) is 6.10. The number of morpholine rings is 1. The van der Waals surface area contributed by atoms with Crippen LogP contribution in [0.4, 0.5) is 11.8 Å². The molecule has 0 saturated carbocycles. The lowest BCUT2D eigenvalue weighted by atomic mass is 10.0. The average Bonchev–Trinajstić information content (AvgIpc) is 2.44. The molecule has 1 aromatic heterocycles. The van der Waals surface area contributed by atoms with E-state index in [1.165, 1.54) is 0 Å². The van der Waals surface area contributed by atoms with E-state index in [4.69, 9.17) is 10.6 Å². The molecule has 1 aliphatic rings. The summed E-state index contributed by atoms with van der Waals surface area (Å²) in [5.74, 6) is 6.83. The van der Waals surface area contributed by atoms with Gasteiger partial charge in [-0.05, 0) is 32.9 Å². The van der Waals surface area contributed by atoms with Crippen molar-refractivity contribution in [3.8, 4) is 0 Å². The van der Waals surface area contributed by atoms with Gasteiger partial charge < -0.3 is 9.64 Å². The Balaban J connectivity index is 2.10. The van der Waals surface area contributed by atoms with Gasteiger partial charge in [-0.15, -0.1) is 0 Å². The molecular formula is C15H21N5O. The molecule has 3 N–H and O–H groups in total. The van der Waals surface area contributed by atoms with Crippen LogP contribution in [0.15, 0.2) is 24.3 Å². The molecule has 6 heteroatoms. The minimum Gasteiger partial charge on any atom is -0.369 e. The lowest BCUT2D eigenvalue weighted by molar-refractivity contribution is -0.0750. The van der Waals surface area contributed by atoms with Crippen LogP contribution in [0, 0.1) is 0 Å². The largest absolute Gasteiger partial charge is 0.369 e. The molecule has 1 fully saturated rings. The molecule has 2 heterocycles. The summed E-state index contributed by atoms with van der Waals surface area (Å²) < 4.78 is 5.97. The summed E-state index contributed by atoms with van der Waals surface area (Å²) in [6, 6.07) is 7.97. The SMILES string of the molecule is CC1CN(c2nc(NN)nc3ccccc23)CC(C)(C)O1. The first kappa shape index (κ1) is 14.0. The second kappa shape index (κ2) is 5.13. The Hall–Kier alpha value is -1.92. The van der Waals surface area contributed by atoms with Crippen LogP contribution in [0.1, 0.15) is 20.8 Å². The van der Waals surface area contributed by atoms with E-state index in [0.29, 0.717) is 5.95 Å². The number of nitrogens with two attached hydrogens (primary N) is 1. The third-order valence-corrected chi connectivity index (χ3v) is 3.58. The van der Waals surface area contributed by atoms with Crippen molar-refractivity contribution < 1.29 is 4.74 Å². The summed E-state index contributed by atoms with van der Waals surface area (Å²) in [6.07, 6.45) is 0.150. The first-order chi connectivity index (χ1) is 9.98. The molecule has 6 nitrogen and oxygen atoms in total. The summed E-state index contributed by atoms with van der Waals surface area (Å²) in [6.45, 7) is 7.86. The smallest absolute Gasteiger partial charge is 0.239 e. The number of nitrogen functional groups attached to an aromatic ring is 1. The van der Waals surface area contributed by atoms with Crippen LogP contribution in [0.2, 0.25) is 0 Å². The van der Waals surface area contributed by atoms with Gasteiger partial charge in [-0.1, -0.05) is 12.1 Å². The van der Waals surface area contributed by atoms with Crippen molar-refractivity contribution in [3.05, 3.63) is 24.3 Å². The molecule has 1 aliphatic heterocycles. The summed E-state index contributed by atoms with van der Waals surface area (Å²) in [5.41, 5.74) is 3.22. The molecule has 1 unspecified atom stereocenters. The number of nitrogens with one attached hydrogen (secondary N) is 1. The highest BCUT2D eigenvalue weighted by Gasteiger charge is 2.32. The van der Waals surface area contributed by atoms with E-state index < -0.39 is 0 Å². The van der Waals surface area contributed by atoms with Gasteiger partial charge in [0.05, 0.1) is 17.2 Å². The number of hydrogen-bond acceptors (Lipinski definition) is 6. The predicted octanol–water partition coefficient (Wildman–Crippen LogP) is 1.92. The molecular weight excluding hydrogens is 266 g/mol. The number of hydrazine groups is 1. The van der Waals surface area contributed by atoms with E-state index in [-0.39, 0.29) is 11.7 Å². The van der Waals surface area contributed by atoms with Gasteiger partial charge in [0.1, 0.15) is 5.82 Å². The molecule has 0 aliphatic carbocycles. The van der Waals surface area contributed by atoms with Gasteiger partial charge in [-0.2, -0.15) is 4.98 Å². The number of anilines is 2. The van der Waals surface area contributed by atoms with Crippen molar-refractivity contribution in [2.75, 3.05) is 23.4 Å². The highest BCUT2D eigenvalue weighted by molar-refractivity contribution is 5.90. The maximum atomic E-state index is 5.97. The fourth-order valence-corrected chi connectivity index (χ4v) is 2.98. The van der Waals surface area contributed by atoms with Gasteiger partial charge in [0.15, 0.2) is 0 Å². The number of rotatable bonds is 2. The number of fused-ring (bicyclic) bond motifs is 1. The van der Waals surface area contributed by atoms with Crippen LogP contribution in [0.25, 0.3) is 10.9 Å². The van der Waals surface area contributed by atoms with E-state index >= 15 is 0 Å². The number of nitrogens with zero attached hydrogens (tertiary/aromatic N) is 3. The van der Waals surface area contributed by atoms with E-state index in [2.05, 4.69) is 41.1 Å². The fraction of sp³-hybridized carbons (Fsp3) is 0.467.